The number of carbonyl (C=O) groups excluding carboxylic acids is 1. The van der Waals surface area contributed by atoms with E-state index in [4.69, 9.17) is 0 Å². The van der Waals surface area contributed by atoms with Crippen LogP contribution in [0.5, 0.6) is 0 Å². The molecule has 1 fully saturated rings. The number of likely N-dealkylation sites (N-methyl/N-ethyl adjacent to an activating group) is 1. The lowest BCUT2D eigenvalue weighted by atomic mass is 9.91. The van der Waals surface area contributed by atoms with Gasteiger partial charge in [-0.25, -0.2) is 4.98 Å². The molecule has 1 aromatic carbocycles. The first kappa shape index (κ1) is 24.0. The summed E-state index contributed by atoms with van der Waals surface area (Å²) in [5, 5.41) is 12.4. The van der Waals surface area contributed by atoms with Gasteiger partial charge in [0.25, 0.3) is 5.91 Å². The van der Waals surface area contributed by atoms with Crippen molar-refractivity contribution in [2.24, 2.45) is 0 Å². The summed E-state index contributed by atoms with van der Waals surface area (Å²) in [7, 11) is 1.58. The van der Waals surface area contributed by atoms with Gasteiger partial charge in [-0.05, 0) is 50.1 Å². The van der Waals surface area contributed by atoms with Crippen molar-refractivity contribution in [2.45, 2.75) is 31.5 Å². The van der Waals surface area contributed by atoms with Gasteiger partial charge in [-0.1, -0.05) is 0 Å². The van der Waals surface area contributed by atoms with Crippen LogP contribution in [0.4, 0.5) is 18.9 Å². The minimum atomic E-state index is -4.61. The number of piperidine rings is 1. The van der Waals surface area contributed by atoms with Gasteiger partial charge in [0.1, 0.15) is 0 Å². The van der Waals surface area contributed by atoms with Crippen LogP contribution in [0.2, 0.25) is 0 Å². The van der Waals surface area contributed by atoms with Gasteiger partial charge in [-0.3, -0.25) is 14.8 Å². The van der Waals surface area contributed by atoms with Gasteiger partial charge in [0.15, 0.2) is 0 Å². The fourth-order valence-electron chi connectivity index (χ4n) is 4.90. The van der Waals surface area contributed by atoms with Crippen LogP contribution in [-0.4, -0.2) is 68.1 Å². The molecular formula is C25H25F3N6O2. The second-order valence-corrected chi connectivity index (χ2v) is 9.40. The molecule has 4 aromatic rings. The molecule has 4 heterocycles. The molecule has 0 spiro atoms. The summed E-state index contributed by atoms with van der Waals surface area (Å²) in [6.07, 6.45) is 0.0785. The zero-order valence-corrected chi connectivity index (χ0v) is 19.8. The van der Waals surface area contributed by atoms with Crippen LogP contribution in [0.15, 0.2) is 42.7 Å². The number of aromatic amines is 1. The molecule has 5 rings (SSSR count). The zero-order valence-electron chi connectivity index (χ0n) is 19.8. The number of rotatable bonds is 4. The number of carbonyl (C=O) groups is 1. The lowest BCUT2D eigenvalue weighted by Gasteiger charge is -2.42. The van der Waals surface area contributed by atoms with Gasteiger partial charge in [0.05, 0.1) is 28.7 Å². The molecule has 1 saturated heterocycles. The van der Waals surface area contributed by atoms with Gasteiger partial charge in [0.2, 0.25) is 5.82 Å². The number of hydrogen-bond donors (Lipinski definition) is 2. The largest absolute Gasteiger partial charge is 0.449 e. The van der Waals surface area contributed by atoms with E-state index in [0.717, 1.165) is 35.2 Å². The fourth-order valence-corrected chi connectivity index (χ4v) is 4.90. The molecule has 188 valence electrons. The van der Waals surface area contributed by atoms with Crippen LogP contribution in [0.3, 0.4) is 0 Å². The van der Waals surface area contributed by atoms with Gasteiger partial charge in [0, 0.05) is 54.9 Å². The monoisotopic (exact) mass is 498 g/mol. The summed E-state index contributed by atoms with van der Waals surface area (Å²) in [5.41, 5.74) is 1.89. The van der Waals surface area contributed by atoms with Crippen molar-refractivity contribution in [2.75, 3.05) is 31.6 Å². The number of nitrogens with zero attached hydrogens (tertiary/aromatic N) is 5. The molecule has 8 nitrogen and oxygen atoms in total. The maximum atomic E-state index is 13.1. The van der Waals surface area contributed by atoms with Gasteiger partial charge in [-0.2, -0.15) is 13.2 Å². The number of halogens is 3. The van der Waals surface area contributed by atoms with Gasteiger partial charge < -0.3 is 19.9 Å². The molecule has 1 amide bonds. The highest BCUT2D eigenvalue weighted by atomic mass is 19.4. The number of alkyl halides is 3. The average molecular weight is 499 g/mol. The van der Waals surface area contributed by atoms with Crippen molar-refractivity contribution in [3.63, 3.8) is 0 Å². The second kappa shape index (κ2) is 8.74. The Labute approximate surface area is 204 Å². The second-order valence-electron chi connectivity index (χ2n) is 9.40. The van der Waals surface area contributed by atoms with Crippen molar-refractivity contribution in [3.8, 4) is 0 Å². The first-order valence-electron chi connectivity index (χ1n) is 11.5. The van der Waals surface area contributed by atoms with Crippen LogP contribution in [0, 0.1) is 6.92 Å². The molecule has 0 bridgehead atoms. The highest BCUT2D eigenvalue weighted by Gasteiger charge is 2.37. The van der Waals surface area contributed by atoms with E-state index in [0.29, 0.717) is 13.0 Å². The first-order valence-corrected chi connectivity index (χ1v) is 11.5. The highest BCUT2D eigenvalue weighted by Crippen LogP contribution is 2.32. The van der Waals surface area contributed by atoms with E-state index in [1.807, 2.05) is 19.1 Å². The van der Waals surface area contributed by atoms with E-state index in [1.54, 1.807) is 19.4 Å². The summed E-state index contributed by atoms with van der Waals surface area (Å²) in [4.78, 5) is 31.2. The molecule has 1 atom stereocenters. The number of aliphatic hydroxyl groups is 1. The number of aromatic nitrogens is 4. The predicted molar refractivity (Wildman–Crippen MR) is 129 cm³/mol. The van der Waals surface area contributed by atoms with Crippen LogP contribution >= 0.6 is 0 Å². The SMILES string of the molecule is Cc1cc(N2CCC[C@](O)(CN(C)C(=O)c3ccc4nc(C(F)(F)F)[nH]c4c3)C2)c2cnccc2n1. The number of fused-ring (bicyclic) bond motifs is 2. The maximum absolute atomic E-state index is 13.1. The molecule has 2 N–H and O–H groups in total. The highest BCUT2D eigenvalue weighted by molar-refractivity contribution is 5.97. The number of aryl methyl sites for hydroxylation is 1. The Morgan fingerprint density at radius 2 is 2.03 bits per heavy atom. The number of anilines is 1. The number of amides is 1. The number of hydrogen-bond acceptors (Lipinski definition) is 6. The smallest absolute Gasteiger partial charge is 0.386 e. The summed E-state index contributed by atoms with van der Waals surface area (Å²) in [6.45, 7) is 3.04. The lowest BCUT2D eigenvalue weighted by molar-refractivity contribution is -0.144. The number of imidazole rings is 1. The van der Waals surface area contributed by atoms with E-state index < -0.39 is 23.5 Å². The lowest BCUT2D eigenvalue weighted by Crippen LogP contribution is -2.54. The third kappa shape index (κ3) is 4.58. The van der Waals surface area contributed by atoms with Crippen LogP contribution in [0.25, 0.3) is 21.9 Å². The minimum Gasteiger partial charge on any atom is -0.386 e. The van der Waals surface area contributed by atoms with E-state index in [2.05, 4.69) is 24.8 Å². The Bertz CT molecular complexity index is 1450. The molecule has 1 aliphatic heterocycles. The summed E-state index contributed by atoms with van der Waals surface area (Å²) >= 11 is 0. The average Bonchev–Trinajstić information content (AvgIpc) is 3.27. The quantitative estimate of drug-likeness (QED) is 0.442. The summed E-state index contributed by atoms with van der Waals surface area (Å²) in [6, 6.07) is 8.00. The van der Waals surface area contributed by atoms with Crippen molar-refractivity contribution >= 4 is 33.5 Å². The van der Waals surface area contributed by atoms with Crippen molar-refractivity contribution < 1.29 is 23.1 Å². The van der Waals surface area contributed by atoms with E-state index in [-0.39, 0.29) is 23.1 Å². The zero-order chi connectivity index (χ0) is 25.7. The van der Waals surface area contributed by atoms with E-state index in [1.165, 1.54) is 23.1 Å². The summed E-state index contributed by atoms with van der Waals surface area (Å²) in [5.74, 6) is -1.51. The van der Waals surface area contributed by atoms with Gasteiger partial charge in [-0.15, -0.1) is 0 Å². The number of β-amino-alcohol motifs (C(OH)–C–C–N with tert-alkyl or cyclic N) is 1. The number of pyridine rings is 2. The molecule has 11 heteroatoms. The molecule has 0 unspecified atom stereocenters. The molecule has 0 saturated carbocycles. The Kier molecular flexibility index (Phi) is 5.82. The maximum Gasteiger partial charge on any atom is 0.449 e. The topological polar surface area (TPSA) is 98.2 Å². The third-order valence-corrected chi connectivity index (χ3v) is 6.49. The van der Waals surface area contributed by atoms with E-state index >= 15 is 0 Å². The number of benzene rings is 1. The Hall–Kier alpha value is -3.73. The van der Waals surface area contributed by atoms with Crippen LogP contribution in [-0.2, 0) is 6.18 Å². The van der Waals surface area contributed by atoms with Crippen LogP contribution in [0.1, 0.15) is 34.7 Å². The molecule has 1 aliphatic rings. The predicted octanol–water partition coefficient (Wildman–Crippen LogP) is 3.94. The standard InChI is InChI=1S/C25H25F3N6O2/c1-15-10-21(17-12-29-8-6-18(17)30-15)34-9-3-7-24(36,14-34)13-33(2)22(35)16-4-5-19-20(11-16)32-23(31-19)25(26,27)28/h4-6,8,10-12,36H,3,7,9,13-14H2,1-2H3,(H,31,32)/t24-/m0/s1. The van der Waals surface area contributed by atoms with Crippen LogP contribution < -0.4 is 4.90 Å². The molecule has 0 aliphatic carbocycles. The van der Waals surface area contributed by atoms with Gasteiger partial charge >= 0.3 is 6.18 Å². The number of nitrogens with one attached hydrogen (secondary N) is 1. The Balaban J connectivity index is 1.35. The normalized spacial score (nSPS) is 18.7. The van der Waals surface area contributed by atoms with E-state index in [9.17, 15) is 23.1 Å². The van der Waals surface area contributed by atoms with Crippen molar-refractivity contribution in [3.05, 3.63) is 59.8 Å². The third-order valence-electron chi connectivity index (χ3n) is 6.49. The number of H-pyrrole nitrogens is 1. The molecule has 3 aromatic heterocycles. The fraction of sp³-hybridized carbons (Fsp3) is 0.360. The molecular weight excluding hydrogens is 473 g/mol. The van der Waals surface area contributed by atoms with Crippen molar-refractivity contribution in [1.82, 2.24) is 24.8 Å². The first-order chi connectivity index (χ1) is 17.0. The minimum absolute atomic E-state index is 0.0669. The van der Waals surface area contributed by atoms with Crippen molar-refractivity contribution in [1.29, 1.82) is 0 Å². The summed E-state index contributed by atoms with van der Waals surface area (Å²) < 4.78 is 38.9. The Morgan fingerprint density at radius 3 is 2.81 bits per heavy atom. The Morgan fingerprint density at radius 1 is 1.22 bits per heavy atom. The molecule has 36 heavy (non-hydrogen) atoms. The molecule has 0 radical (unpaired) electrons.